The van der Waals surface area contributed by atoms with Crippen molar-refractivity contribution in [2.75, 3.05) is 13.1 Å². The third kappa shape index (κ3) is 3.18. The summed E-state index contributed by atoms with van der Waals surface area (Å²) in [5.41, 5.74) is 1.37. The van der Waals surface area contributed by atoms with Crippen molar-refractivity contribution in [1.29, 1.82) is 0 Å². The van der Waals surface area contributed by atoms with Gasteiger partial charge in [-0.1, -0.05) is 36.4 Å². The lowest BCUT2D eigenvalue weighted by Crippen LogP contribution is -2.36. The molecule has 0 saturated carbocycles. The van der Waals surface area contributed by atoms with E-state index in [0.29, 0.717) is 29.6 Å². The standard InChI is InChI=1S/C22H22N2O3S/c1-16-9-3-6-12-20(16)28(26,27)21-17-10-4-5-11-19(17)23-15-18(21)22(25)24-13-7-2-8-14-24/h3-6,9-12,15H,2,7-8,13-14H2,1H3. The Morgan fingerprint density at radius 3 is 2.39 bits per heavy atom. The highest BCUT2D eigenvalue weighted by Gasteiger charge is 2.31. The van der Waals surface area contributed by atoms with Crippen molar-refractivity contribution in [2.45, 2.75) is 36.0 Å². The zero-order chi connectivity index (χ0) is 19.7. The normalized spacial score (nSPS) is 15.0. The summed E-state index contributed by atoms with van der Waals surface area (Å²) in [5.74, 6) is -0.259. The topological polar surface area (TPSA) is 67.3 Å². The van der Waals surface area contributed by atoms with Crippen molar-refractivity contribution < 1.29 is 13.2 Å². The Balaban J connectivity index is 1.97. The summed E-state index contributed by atoms with van der Waals surface area (Å²) in [6.45, 7) is 3.06. The number of rotatable bonds is 3. The molecule has 1 fully saturated rings. The first kappa shape index (κ1) is 18.6. The number of amides is 1. The Bertz CT molecular complexity index is 1150. The molecule has 0 bridgehead atoms. The van der Waals surface area contributed by atoms with E-state index in [4.69, 9.17) is 0 Å². The minimum atomic E-state index is -3.90. The second-order valence-electron chi connectivity index (χ2n) is 7.14. The van der Waals surface area contributed by atoms with Gasteiger partial charge in [-0.05, 0) is 43.9 Å². The van der Waals surface area contributed by atoms with Crippen LogP contribution >= 0.6 is 0 Å². The zero-order valence-corrected chi connectivity index (χ0v) is 16.6. The Kier molecular flexibility index (Phi) is 4.89. The molecule has 3 aromatic rings. The molecule has 1 aromatic heterocycles. The maximum atomic E-state index is 13.7. The number of aryl methyl sites for hydroxylation is 1. The van der Waals surface area contributed by atoms with Crippen LogP contribution in [0.15, 0.2) is 64.5 Å². The second kappa shape index (κ2) is 7.36. The fraction of sp³-hybridized carbons (Fsp3) is 0.273. The maximum Gasteiger partial charge on any atom is 0.256 e. The van der Waals surface area contributed by atoms with Crippen LogP contribution in [0.5, 0.6) is 0 Å². The smallest absolute Gasteiger partial charge is 0.256 e. The first-order valence-electron chi connectivity index (χ1n) is 9.48. The van der Waals surface area contributed by atoms with Crippen LogP contribution in [0.3, 0.4) is 0 Å². The SMILES string of the molecule is Cc1ccccc1S(=O)(=O)c1c(C(=O)N2CCCCC2)cnc2ccccc12. The average Bonchev–Trinajstić information content (AvgIpc) is 2.73. The van der Waals surface area contributed by atoms with Gasteiger partial charge in [-0.2, -0.15) is 0 Å². The second-order valence-corrected chi connectivity index (χ2v) is 8.99. The number of likely N-dealkylation sites (tertiary alicyclic amines) is 1. The first-order chi connectivity index (χ1) is 13.5. The summed E-state index contributed by atoms with van der Waals surface area (Å²) in [6.07, 6.45) is 4.39. The number of fused-ring (bicyclic) bond motifs is 1. The molecular weight excluding hydrogens is 372 g/mol. The predicted octanol–water partition coefficient (Wildman–Crippen LogP) is 4.00. The van der Waals surface area contributed by atoms with E-state index in [2.05, 4.69) is 4.98 Å². The Morgan fingerprint density at radius 2 is 1.64 bits per heavy atom. The van der Waals surface area contributed by atoms with Crippen LogP contribution in [-0.4, -0.2) is 37.3 Å². The van der Waals surface area contributed by atoms with Crippen LogP contribution in [-0.2, 0) is 9.84 Å². The monoisotopic (exact) mass is 394 g/mol. The number of hydrogen-bond donors (Lipinski definition) is 0. The predicted molar refractivity (Wildman–Crippen MR) is 108 cm³/mol. The number of para-hydroxylation sites is 1. The fourth-order valence-electron chi connectivity index (χ4n) is 3.79. The molecule has 5 nitrogen and oxygen atoms in total. The van der Waals surface area contributed by atoms with E-state index >= 15 is 0 Å². The van der Waals surface area contributed by atoms with Crippen LogP contribution in [0.25, 0.3) is 10.9 Å². The molecule has 1 saturated heterocycles. The highest BCUT2D eigenvalue weighted by atomic mass is 32.2. The van der Waals surface area contributed by atoms with Crippen molar-refractivity contribution in [1.82, 2.24) is 9.88 Å². The third-order valence-electron chi connectivity index (χ3n) is 5.25. The lowest BCUT2D eigenvalue weighted by Gasteiger charge is -2.27. The summed E-state index contributed by atoms with van der Waals surface area (Å²) >= 11 is 0. The van der Waals surface area contributed by atoms with E-state index in [-0.39, 0.29) is 21.3 Å². The van der Waals surface area contributed by atoms with Crippen LogP contribution in [0.4, 0.5) is 0 Å². The van der Waals surface area contributed by atoms with E-state index in [1.165, 1.54) is 6.20 Å². The summed E-state index contributed by atoms with van der Waals surface area (Å²) in [4.78, 5) is 19.6. The van der Waals surface area contributed by atoms with E-state index < -0.39 is 9.84 Å². The fourth-order valence-corrected chi connectivity index (χ4v) is 5.65. The number of pyridine rings is 1. The van der Waals surface area contributed by atoms with E-state index in [0.717, 1.165) is 19.3 Å². The molecule has 0 radical (unpaired) electrons. The molecule has 0 atom stereocenters. The number of hydrogen-bond acceptors (Lipinski definition) is 4. The number of sulfone groups is 1. The van der Waals surface area contributed by atoms with Crippen LogP contribution in [0.2, 0.25) is 0 Å². The van der Waals surface area contributed by atoms with Gasteiger partial charge in [0.1, 0.15) is 0 Å². The van der Waals surface area contributed by atoms with Gasteiger partial charge in [0, 0.05) is 24.7 Å². The van der Waals surface area contributed by atoms with Crippen molar-refractivity contribution in [3.63, 3.8) is 0 Å². The molecule has 1 aliphatic rings. The minimum Gasteiger partial charge on any atom is -0.339 e. The van der Waals surface area contributed by atoms with E-state index in [1.54, 1.807) is 54.3 Å². The molecule has 0 aliphatic carbocycles. The molecule has 1 aliphatic heterocycles. The van der Waals surface area contributed by atoms with Gasteiger partial charge in [0.25, 0.3) is 5.91 Å². The first-order valence-corrected chi connectivity index (χ1v) is 11.0. The quantitative estimate of drug-likeness (QED) is 0.673. The lowest BCUT2D eigenvalue weighted by molar-refractivity contribution is 0.0720. The number of aromatic nitrogens is 1. The highest BCUT2D eigenvalue weighted by Crippen LogP contribution is 2.33. The van der Waals surface area contributed by atoms with Crippen molar-refractivity contribution in [2.24, 2.45) is 0 Å². The highest BCUT2D eigenvalue weighted by molar-refractivity contribution is 7.91. The van der Waals surface area contributed by atoms with Gasteiger partial charge in [0.2, 0.25) is 9.84 Å². The van der Waals surface area contributed by atoms with Gasteiger partial charge in [-0.25, -0.2) is 8.42 Å². The molecule has 2 aromatic carbocycles. The Hall–Kier alpha value is -2.73. The van der Waals surface area contributed by atoms with E-state index in [9.17, 15) is 13.2 Å². The van der Waals surface area contributed by atoms with Gasteiger partial charge in [-0.15, -0.1) is 0 Å². The maximum absolute atomic E-state index is 13.7. The molecule has 0 N–H and O–H groups in total. The molecule has 144 valence electrons. The largest absolute Gasteiger partial charge is 0.339 e. The number of carbonyl (C=O) groups is 1. The molecule has 4 rings (SSSR count). The molecule has 1 amide bonds. The molecular formula is C22H22N2O3S. The minimum absolute atomic E-state index is 0.0583. The third-order valence-corrected chi connectivity index (χ3v) is 7.27. The van der Waals surface area contributed by atoms with Crippen LogP contribution in [0, 0.1) is 6.92 Å². The summed E-state index contributed by atoms with van der Waals surface area (Å²) in [7, 11) is -3.90. The Morgan fingerprint density at radius 1 is 0.964 bits per heavy atom. The van der Waals surface area contributed by atoms with Gasteiger partial charge >= 0.3 is 0 Å². The van der Waals surface area contributed by atoms with Gasteiger partial charge in [-0.3, -0.25) is 9.78 Å². The van der Waals surface area contributed by atoms with Crippen molar-refractivity contribution in [3.05, 3.63) is 65.9 Å². The number of benzene rings is 2. The molecule has 0 spiro atoms. The molecule has 0 unspecified atom stereocenters. The molecule has 2 heterocycles. The van der Waals surface area contributed by atoms with Gasteiger partial charge in [0.05, 0.1) is 20.9 Å². The summed E-state index contributed by atoms with van der Waals surface area (Å²) in [5, 5.41) is 0.480. The van der Waals surface area contributed by atoms with Gasteiger partial charge in [0.15, 0.2) is 0 Å². The van der Waals surface area contributed by atoms with Crippen LogP contribution < -0.4 is 0 Å². The van der Waals surface area contributed by atoms with E-state index in [1.807, 2.05) is 6.07 Å². The number of nitrogens with zero attached hydrogens (tertiary/aromatic N) is 2. The number of carbonyl (C=O) groups excluding carboxylic acids is 1. The lowest BCUT2D eigenvalue weighted by atomic mass is 10.1. The summed E-state index contributed by atoms with van der Waals surface area (Å²) < 4.78 is 27.4. The number of piperidine rings is 1. The Labute approximate surface area is 164 Å². The summed E-state index contributed by atoms with van der Waals surface area (Å²) in [6, 6.07) is 13.9. The zero-order valence-electron chi connectivity index (χ0n) is 15.8. The van der Waals surface area contributed by atoms with Gasteiger partial charge < -0.3 is 4.90 Å². The van der Waals surface area contributed by atoms with Crippen molar-refractivity contribution in [3.8, 4) is 0 Å². The molecule has 28 heavy (non-hydrogen) atoms. The van der Waals surface area contributed by atoms with Crippen LogP contribution in [0.1, 0.15) is 35.2 Å². The van der Waals surface area contributed by atoms with Crippen molar-refractivity contribution >= 4 is 26.6 Å². The molecule has 6 heteroatoms. The average molecular weight is 394 g/mol.